The molecule has 0 aromatic rings. The van der Waals surface area contributed by atoms with Crippen LogP contribution >= 0.6 is 0 Å². The molecule has 1 N–H and O–H groups in total. The number of hydrogen-bond acceptors (Lipinski definition) is 2. The van der Waals surface area contributed by atoms with E-state index in [-0.39, 0.29) is 11.5 Å². The van der Waals surface area contributed by atoms with Crippen molar-refractivity contribution in [2.75, 3.05) is 13.2 Å². The van der Waals surface area contributed by atoms with Gasteiger partial charge in [-0.2, -0.15) is 0 Å². The fraction of sp³-hybridized carbons (Fsp3) is 0.875. The van der Waals surface area contributed by atoms with Crippen LogP contribution in [0.1, 0.15) is 54.9 Å². The van der Waals surface area contributed by atoms with E-state index in [1.165, 1.54) is 0 Å². The molecule has 0 aromatic carbocycles. The van der Waals surface area contributed by atoms with Crippen molar-refractivity contribution in [1.82, 2.24) is 5.32 Å². The molecule has 0 aliphatic heterocycles. The Kier molecular flexibility index (Phi) is 8.31. The second-order valence-electron chi connectivity index (χ2n) is 6.08. The molecule has 0 amide bonds. The lowest BCUT2D eigenvalue weighted by molar-refractivity contribution is 0.00506. The summed E-state index contributed by atoms with van der Waals surface area (Å²) < 4.78 is 5.87. The second kappa shape index (κ2) is 8.56. The summed E-state index contributed by atoms with van der Waals surface area (Å²) >= 11 is 0. The highest BCUT2D eigenvalue weighted by Crippen LogP contribution is 2.15. The van der Waals surface area contributed by atoms with Crippen LogP contribution in [0.15, 0.2) is 0 Å². The van der Waals surface area contributed by atoms with Crippen molar-refractivity contribution in [2.24, 2.45) is 11.3 Å². The predicted molar refractivity (Wildman–Crippen MR) is 79.6 cm³/mol. The van der Waals surface area contributed by atoms with Gasteiger partial charge in [0.05, 0.1) is 6.10 Å². The van der Waals surface area contributed by atoms with E-state index in [0.717, 1.165) is 19.6 Å². The molecule has 0 rings (SSSR count). The normalized spacial score (nSPS) is 15.1. The fourth-order valence-corrected chi connectivity index (χ4v) is 1.96. The van der Waals surface area contributed by atoms with E-state index >= 15 is 0 Å². The van der Waals surface area contributed by atoms with Crippen molar-refractivity contribution < 1.29 is 4.74 Å². The molecule has 18 heavy (non-hydrogen) atoms. The summed E-state index contributed by atoms with van der Waals surface area (Å²) in [4.78, 5) is 0. The Bertz CT molecular complexity index is 267. The largest absolute Gasteiger partial charge is 0.377 e. The van der Waals surface area contributed by atoms with E-state index in [2.05, 4.69) is 65.6 Å². The van der Waals surface area contributed by atoms with E-state index < -0.39 is 0 Å². The molecular formula is C16H31NO. The van der Waals surface area contributed by atoms with E-state index in [4.69, 9.17) is 4.74 Å². The van der Waals surface area contributed by atoms with E-state index in [1.807, 2.05) is 0 Å². The Morgan fingerprint density at radius 3 is 2.17 bits per heavy atom. The maximum atomic E-state index is 5.87. The lowest BCUT2D eigenvalue weighted by Gasteiger charge is -2.29. The fourth-order valence-electron chi connectivity index (χ4n) is 1.96. The molecule has 0 fully saturated rings. The van der Waals surface area contributed by atoms with Crippen LogP contribution in [-0.2, 0) is 4.74 Å². The second-order valence-corrected chi connectivity index (χ2v) is 6.08. The van der Waals surface area contributed by atoms with Gasteiger partial charge in [-0.1, -0.05) is 26.7 Å². The summed E-state index contributed by atoms with van der Waals surface area (Å²) in [6.45, 7) is 16.8. The Morgan fingerprint density at radius 2 is 1.78 bits per heavy atom. The van der Waals surface area contributed by atoms with Gasteiger partial charge in [0.15, 0.2) is 0 Å². The minimum Gasteiger partial charge on any atom is -0.377 e. The van der Waals surface area contributed by atoms with Gasteiger partial charge in [0.25, 0.3) is 0 Å². The zero-order valence-electron chi connectivity index (χ0n) is 13.3. The molecule has 0 aliphatic carbocycles. The van der Waals surface area contributed by atoms with Gasteiger partial charge in [0, 0.05) is 24.5 Å². The molecule has 0 radical (unpaired) electrons. The first-order valence-electron chi connectivity index (χ1n) is 7.16. The van der Waals surface area contributed by atoms with Crippen LogP contribution in [0.5, 0.6) is 0 Å². The number of rotatable bonds is 7. The van der Waals surface area contributed by atoms with Crippen LogP contribution in [0.2, 0.25) is 0 Å². The smallest absolute Gasteiger partial charge is 0.0760 e. The van der Waals surface area contributed by atoms with Gasteiger partial charge >= 0.3 is 0 Å². The molecule has 2 heteroatoms. The zero-order chi connectivity index (χ0) is 14.2. The molecule has 0 aliphatic rings. The SMILES string of the molecule is CCNC(CC#CC(C)(C)C)C(OCC)C(C)C. The van der Waals surface area contributed by atoms with E-state index in [1.54, 1.807) is 0 Å². The molecule has 106 valence electrons. The van der Waals surface area contributed by atoms with Crippen LogP contribution in [0.4, 0.5) is 0 Å². The first-order chi connectivity index (χ1) is 8.31. The van der Waals surface area contributed by atoms with Crippen LogP contribution in [-0.4, -0.2) is 25.3 Å². The number of likely N-dealkylation sites (N-methyl/N-ethyl adjacent to an activating group) is 1. The molecule has 0 saturated heterocycles. The first kappa shape index (κ1) is 17.5. The van der Waals surface area contributed by atoms with Gasteiger partial charge in [-0.3, -0.25) is 0 Å². The van der Waals surface area contributed by atoms with Crippen molar-refractivity contribution in [3.8, 4) is 11.8 Å². The highest BCUT2D eigenvalue weighted by molar-refractivity contribution is 5.09. The summed E-state index contributed by atoms with van der Waals surface area (Å²) in [7, 11) is 0. The molecule has 0 aromatic heterocycles. The number of ether oxygens (including phenoxy) is 1. The van der Waals surface area contributed by atoms with Crippen molar-refractivity contribution in [3.05, 3.63) is 0 Å². The highest BCUT2D eigenvalue weighted by atomic mass is 16.5. The lowest BCUT2D eigenvalue weighted by atomic mass is 9.94. The number of nitrogens with one attached hydrogen (secondary N) is 1. The van der Waals surface area contributed by atoms with E-state index in [0.29, 0.717) is 12.0 Å². The Morgan fingerprint density at radius 1 is 1.17 bits per heavy atom. The van der Waals surface area contributed by atoms with Crippen LogP contribution in [0.25, 0.3) is 0 Å². The van der Waals surface area contributed by atoms with Crippen molar-refractivity contribution in [3.63, 3.8) is 0 Å². The minimum atomic E-state index is 0.0791. The Labute approximate surface area is 114 Å². The highest BCUT2D eigenvalue weighted by Gasteiger charge is 2.23. The maximum absolute atomic E-state index is 5.87. The zero-order valence-corrected chi connectivity index (χ0v) is 13.3. The minimum absolute atomic E-state index is 0.0791. The van der Waals surface area contributed by atoms with Crippen LogP contribution < -0.4 is 5.32 Å². The van der Waals surface area contributed by atoms with Gasteiger partial charge < -0.3 is 10.1 Å². The quantitative estimate of drug-likeness (QED) is 0.702. The molecule has 0 heterocycles. The lowest BCUT2D eigenvalue weighted by Crippen LogP contribution is -2.44. The molecule has 0 saturated carbocycles. The van der Waals surface area contributed by atoms with Crippen molar-refractivity contribution >= 4 is 0 Å². The topological polar surface area (TPSA) is 21.3 Å². The van der Waals surface area contributed by atoms with Gasteiger partial charge in [0.1, 0.15) is 0 Å². The third-order valence-electron chi connectivity index (χ3n) is 2.66. The van der Waals surface area contributed by atoms with Gasteiger partial charge in [-0.25, -0.2) is 0 Å². The molecule has 2 unspecified atom stereocenters. The summed E-state index contributed by atoms with van der Waals surface area (Å²) in [5, 5.41) is 3.51. The molecular weight excluding hydrogens is 222 g/mol. The third kappa shape index (κ3) is 7.74. The Balaban J connectivity index is 4.65. The first-order valence-corrected chi connectivity index (χ1v) is 7.16. The average molecular weight is 253 g/mol. The van der Waals surface area contributed by atoms with Crippen LogP contribution in [0.3, 0.4) is 0 Å². The monoisotopic (exact) mass is 253 g/mol. The molecule has 0 spiro atoms. The molecule has 2 atom stereocenters. The van der Waals surface area contributed by atoms with E-state index in [9.17, 15) is 0 Å². The predicted octanol–water partition coefficient (Wildman–Crippen LogP) is 3.47. The van der Waals surface area contributed by atoms with Crippen molar-refractivity contribution in [1.29, 1.82) is 0 Å². The average Bonchev–Trinajstić information content (AvgIpc) is 2.23. The summed E-state index contributed by atoms with van der Waals surface area (Å²) in [6.07, 6.45) is 1.10. The summed E-state index contributed by atoms with van der Waals surface area (Å²) in [5.41, 5.74) is 0.0791. The molecule has 2 nitrogen and oxygen atoms in total. The standard InChI is InChI=1S/C16H31NO/c1-8-17-14(11-10-12-16(5,6)7)15(13(3)4)18-9-2/h13-15,17H,8-9,11H2,1-7H3. The van der Waals surface area contributed by atoms with Crippen molar-refractivity contribution in [2.45, 2.75) is 67.0 Å². The van der Waals surface area contributed by atoms with Gasteiger partial charge in [-0.05, 0) is 40.2 Å². The third-order valence-corrected chi connectivity index (χ3v) is 2.66. The number of hydrogen-bond donors (Lipinski definition) is 1. The summed E-state index contributed by atoms with van der Waals surface area (Å²) in [5.74, 6) is 7.12. The van der Waals surface area contributed by atoms with Gasteiger partial charge in [0.2, 0.25) is 0 Å². The summed E-state index contributed by atoms with van der Waals surface area (Å²) in [6, 6.07) is 0.324. The maximum Gasteiger partial charge on any atom is 0.0760 e. The molecule has 0 bridgehead atoms. The Hall–Kier alpha value is -0.520. The van der Waals surface area contributed by atoms with Gasteiger partial charge in [-0.15, -0.1) is 5.92 Å². The van der Waals surface area contributed by atoms with Crippen LogP contribution in [0, 0.1) is 23.2 Å².